The van der Waals surface area contributed by atoms with E-state index in [4.69, 9.17) is 0 Å². The van der Waals surface area contributed by atoms with E-state index < -0.39 is 0 Å². The fraction of sp³-hybridized carbons (Fsp3) is 0.895. The van der Waals surface area contributed by atoms with Crippen LogP contribution in [0.1, 0.15) is 91.9 Å². The number of aldehydes is 1. The zero-order valence-electron chi connectivity index (χ0n) is 14.7. The van der Waals surface area contributed by atoms with Gasteiger partial charge in [0.05, 0.1) is 6.42 Å². The molecule has 0 aliphatic carbocycles. The molecule has 0 heterocycles. The molecule has 0 aromatic heterocycles. The topological polar surface area (TPSA) is 34.1 Å². The zero-order chi connectivity index (χ0) is 16.1. The molecule has 0 bridgehead atoms. The van der Waals surface area contributed by atoms with Gasteiger partial charge < -0.3 is 4.79 Å². The summed E-state index contributed by atoms with van der Waals surface area (Å²) < 4.78 is 0. The molecule has 0 fully saturated rings. The second-order valence-corrected chi connectivity index (χ2v) is 7.27. The minimum Gasteiger partial charge on any atom is -0.303 e. The SMILES string of the molecule is CC(C)CCCC(C)CCCC(C)CCCC(=O)CC=O. The molecule has 0 aromatic rings. The summed E-state index contributed by atoms with van der Waals surface area (Å²) in [5.74, 6) is 2.48. The van der Waals surface area contributed by atoms with E-state index in [1.54, 1.807) is 0 Å². The van der Waals surface area contributed by atoms with Crippen molar-refractivity contribution in [3.8, 4) is 0 Å². The summed E-state index contributed by atoms with van der Waals surface area (Å²) in [6, 6.07) is 0. The maximum atomic E-state index is 11.2. The minimum atomic E-state index is 0.0935. The normalized spacial score (nSPS) is 14.1. The molecule has 0 saturated heterocycles. The lowest BCUT2D eigenvalue weighted by molar-refractivity contribution is -0.122. The Morgan fingerprint density at radius 3 is 1.76 bits per heavy atom. The van der Waals surface area contributed by atoms with Gasteiger partial charge in [-0.2, -0.15) is 0 Å². The Balaban J connectivity index is 3.49. The summed E-state index contributed by atoms with van der Waals surface area (Å²) in [6.07, 6.45) is 11.5. The first-order valence-corrected chi connectivity index (χ1v) is 8.91. The van der Waals surface area contributed by atoms with Gasteiger partial charge in [0.1, 0.15) is 12.1 Å². The van der Waals surface area contributed by atoms with Crippen LogP contribution < -0.4 is 0 Å². The molecule has 2 nitrogen and oxygen atoms in total. The highest BCUT2D eigenvalue weighted by Crippen LogP contribution is 2.21. The third-order valence-corrected chi connectivity index (χ3v) is 4.34. The van der Waals surface area contributed by atoms with E-state index in [0.717, 1.165) is 24.7 Å². The molecule has 21 heavy (non-hydrogen) atoms. The molecule has 0 aromatic carbocycles. The van der Waals surface area contributed by atoms with Gasteiger partial charge in [-0.15, -0.1) is 0 Å². The molecular weight excluding hydrogens is 260 g/mol. The molecule has 0 aliphatic rings. The number of carbonyl (C=O) groups is 2. The molecule has 124 valence electrons. The quantitative estimate of drug-likeness (QED) is 0.309. The van der Waals surface area contributed by atoms with Crippen molar-refractivity contribution in [3.05, 3.63) is 0 Å². The second-order valence-electron chi connectivity index (χ2n) is 7.27. The Bertz CT molecular complexity index is 271. The summed E-state index contributed by atoms with van der Waals surface area (Å²) in [6.45, 7) is 9.26. The summed E-state index contributed by atoms with van der Waals surface area (Å²) in [7, 11) is 0. The van der Waals surface area contributed by atoms with Gasteiger partial charge in [-0.3, -0.25) is 4.79 Å². The molecule has 0 rings (SSSR count). The Kier molecular flexibility index (Phi) is 12.6. The van der Waals surface area contributed by atoms with Crippen LogP contribution in [0, 0.1) is 17.8 Å². The Hall–Kier alpha value is -0.660. The third-order valence-electron chi connectivity index (χ3n) is 4.34. The maximum absolute atomic E-state index is 11.2. The monoisotopic (exact) mass is 296 g/mol. The number of hydrogen-bond donors (Lipinski definition) is 0. The standard InChI is InChI=1S/C19H36O2/c1-16(2)8-5-9-17(3)10-6-11-18(4)12-7-13-19(21)14-15-20/h15-18H,5-14H2,1-4H3. The number of Topliss-reactive ketones (excluding diaryl/α,β-unsaturated/α-hetero) is 1. The molecule has 0 aliphatic heterocycles. The van der Waals surface area contributed by atoms with Crippen molar-refractivity contribution >= 4 is 12.1 Å². The Labute approximate surface area is 132 Å². The van der Waals surface area contributed by atoms with E-state index in [2.05, 4.69) is 27.7 Å². The van der Waals surface area contributed by atoms with Crippen LogP contribution >= 0.6 is 0 Å². The molecule has 0 saturated carbocycles. The summed E-state index contributed by atoms with van der Waals surface area (Å²) in [5.41, 5.74) is 0. The van der Waals surface area contributed by atoms with Crippen molar-refractivity contribution in [2.24, 2.45) is 17.8 Å². The Morgan fingerprint density at radius 2 is 1.29 bits per heavy atom. The van der Waals surface area contributed by atoms with Gasteiger partial charge in [-0.25, -0.2) is 0 Å². The van der Waals surface area contributed by atoms with E-state index in [-0.39, 0.29) is 12.2 Å². The molecule has 0 N–H and O–H groups in total. The van der Waals surface area contributed by atoms with Gasteiger partial charge in [0, 0.05) is 6.42 Å². The Morgan fingerprint density at radius 1 is 0.810 bits per heavy atom. The number of ketones is 1. The van der Waals surface area contributed by atoms with Gasteiger partial charge >= 0.3 is 0 Å². The molecule has 2 unspecified atom stereocenters. The van der Waals surface area contributed by atoms with E-state index >= 15 is 0 Å². The lowest BCUT2D eigenvalue weighted by Crippen LogP contribution is -2.02. The molecular formula is C19H36O2. The van der Waals surface area contributed by atoms with Crippen molar-refractivity contribution in [2.45, 2.75) is 91.9 Å². The molecule has 2 atom stereocenters. The second kappa shape index (κ2) is 13.0. The first-order chi connectivity index (χ1) is 9.95. The van der Waals surface area contributed by atoms with Crippen LogP contribution in [0.25, 0.3) is 0 Å². The van der Waals surface area contributed by atoms with Crippen LogP contribution in [0.3, 0.4) is 0 Å². The van der Waals surface area contributed by atoms with Gasteiger partial charge in [0.15, 0.2) is 0 Å². The fourth-order valence-electron chi connectivity index (χ4n) is 2.82. The highest BCUT2D eigenvalue weighted by Gasteiger charge is 2.07. The maximum Gasteiger partial charge on any atom is 0.139 e. The summed E-state index contributed by atoms with van der Waals surface area (Å²) >= 11 is 0. The molecule has 0 radical (unpaired) electrons. The average Bonchev–Trinajstić information content (AvgIpc) is 2.38. The highest BCUT2D eigenvalue weighted by molar-refractivity contribution is 5.89. The molecule has 0 amide bonds. The molecule has 2 heteroatoms. The highest BCUT2D eigenvalue weighted by atomic mass is 16.1. The summed E-state index contributed by atoms with van der Waals surface area (Å²) in [5, 5.41) is 0. The average molecular weight is 296 g/mol. The number of carbonyl (C=O) groups excluding carboxylic acids is 2. The van der Waals surface area contributed by atoms with Gasteiger partial charge in [-0.05, 0) is 24.2 Å². The van der Waals surface area contributed by atoms with Crippen molar-refractivity contribution in [3.63, 3.8) is 0 Å². The van der Waals surface area contributed by atoms with Crippen LogP contribution in [0.4, 0.5) is 0 Å². The van der Waals surface area contributed by atoms with Crippen molar-refractivity contribution in [1.82, 2.24) is 0 Å². The van der Waals surface area contributed by atoms with Gasteiger partial charge in [-0.1, -0.05) is 72.6 Å². The minimum absolute atomic E-state index is 0.0935. The smallest absolute Gasteiger partial charge is 0.139 e. The van der Waals surface area contributed by atoms with Gasteiger partial charge in [0.2, 0.25) is 0 Å². The van der Waals surface area contributed by atoms with Gasteiger partial charge in [0.25, 0.3) is 0 Å². The van der Waals surface area contributed by atoms with Crippen LogP contribution in [0.2, 0.25) is 0 Å². The lowest BCUT2D eigenvalue weighted by atomic mass is 9.91. The first kappa shape index (κ1) is 20.3. The first-order valence-electron chi connectivity index (χ1n) is 8.91. The van der Waals surface area contributed by atoms with Crippen molar-refractivity contribution in [2.75, 3.05) is 0 Å². The van der Waals surface area contributed by atoms with Crippen molar-refractivity contribution in [1.29, 1.82) is 0 Å². The van der Waals surface area contributed by atoms with Crippen LogP contribution in [-0.4, -0.2) is 12.1 Å². The summed E-state index contributed by atoms with van der Waals surface area (Å²) in [4.78, 5) is 21.5. The number of hydrogen-bond acceptors (Lipinski definition) is 2. The number of rotatable bonds is 14. The van der Waals surface area contributed by atoms with E-state index in [1.807, 2.05) is 0 Å². The fourth-order valence-corrected chi connectivity index (χ4v) is 2.82. The third kappa shape index (κ3) is 14.1. The van der Waals surface area contributed by atoms with E-state index in [1.165, 1.54) is 38.5 Å². The predicted molar refractivity (Wildman–Crippen MR) is 90.4 cm³/mol. The zero-order valence-corrected chi connectivity index (χ0v) is 14.7. The van der Waals surface area contributed by atoms with E-state index in [9.17, 15) is 9.59 Å². The van der Waals surface area contributed by atoms with Crippen LogP contribution in [0.5, 0.6) is 0 Å². The lowest BCUT2D eigenvalue weighted by Gasteiger charge is -2.14. The molecule has 0 spiro atoms. The van der Waals surface area contributed by atoms with Crippen LogP contribution in [-0.2, 0) is 9.59 Å². The van der Waals surface area contributed by atoms with Crippen LogP contribution in [0.15, 0.2) is 0 Å². The predicted octanol–water partition coefficient (Wildman–Crippen LogP) is 5.58. The largest absolute Gasteiger partial charge is 0.303 e. The van der Waals surface area contributed by atoms with E-state index in [0.29, 0.717) is 18.6 Å². The van der Waals surface area contributed by atoms with Crippen molar-refractivity contribution < 1.29 is 9.59 Å².